The van der Waals surface area contributed by atoms with Gasteiger partial charge >= 0.3 is 0 Å². The van der Waals surface area contributed by atoms with Gasteiger partial charge in [-0.2, -0.15) is 0 Å². The third-order valence-corrected chi connectivity index (χ3v) is 4.43. The molecule has 0 bridgehead atoms. The molecule has 24 heavy (non-hydrogen) atoms. The van der Waals surface area contributed by atoms with E-state index in [9.17, 15) is 4.79 Å². The molecule has 0 unspecified atom stereocenters. The van der Waals surface area contributed by atoms with E-state index < -0.39 is 0 Å². The molecule has 0 saturated carbocycles. The highest BCUT2D eigenvalue weighted by Crippen LogP contribution is 2.16. The van der Waals surface area contributed by atoms with Crippen LogP contribution in [0.1, 0.15) is 23.9 Å². The zero-order valence-corrected chi connectivity index (χ0v) is 14.6. The number of hydrogen-bond donors (Lipinski definition) is 1. The number of nitrogens with zero attached hydrogens (tertiary/aromatic N) is 2. The van der Waals surface area contributed by atoms with Crippen molar-refractivity contribution in [2.75, 3.05) is 6.54 Å². The quantitative estimate of drug-likeness (QED) is 0.765. The Morgan fingerprint density at radius 3 is 2.71 bits per heavy atom. The Morgan fingerprint density at radius 2 is 1.96 bits per heavy atom. The van der Waals surface area contributed by atoms with E-state index in [1.807, 2.05) is 12.1 Å². The van der Waals surface area contributed by atoms with E-state index in [2.05, 4.69) is 40.8 Å². The van der Waals surface area contributed by atoms with Crippen LogP contribution in [0.15, 0.2) is 47.3 Å². The molecule has 1 aromatic heterocycles. The van der Waals surface area contributed by atoms with Crippen LogP contribution in [-0.2, 0) is 13.1 Å². The summed E-state index contributed by atoms with van der Waals surface area (Å²) in [4.78, 5) is 21.9. The molecule has 0 aliphatic rings. The first-order valence-corrected chi connectivity index (χ1v) is 8.40. The van der Waals surface area contributed by atoms with Crippen LogP contribution in [-0.4, -0.2) is 21.4 Å². The fourth-order valence-corrected chi connectivity index (χ4v) is 2.92. The number of aromatic nitrogens is 2. The van der Waals surface area contributed by atoms with Crippen LogP contribution >= 0.6 is 11.6 Å². The summed E-state index contributed by atoms with van der Waals surface area (Å²) in [5, 5.41) is 1.14. The van der Waals surface area contributed by atoms with Gasteiger partial charge in [0.15, 0.2) is 0 Å². The second kappa shape index (κ2) is 7.16. The smallest absolute Gasteiger partial charge is 0.258 e. The molecule has 0 saturated heterocycles. The lowest BCUT2D eigenvalue weighted by Gasteiger charge is -2.21. The zero-order valence-electron chi connectivity index (χ0n) is 13.8. The molecule has 0 aliphatic heterocycles. The van der Waals surface area contributed by atoms with E-state index in [1.165, 1.54) is 11.1 Å². The third-order valence-electron chi connectivity index (χ3n) is 4.19. The van der Waals surface area contributed by atoms with Gasteiger partial charge in [0.05, 0.1) is 17.4 Å². The van der Waals surface area contributed by atoms with Crippen molar-refractivity contribution in [3.8, 4) is 0 Å². The van der Waals surface area contributed by atoms with E-state index in [0.717, 1.165) is 13.1 Å². The van der Waals surface area contributed by atoms with Gasteiger partial charge in [0.25, 0.3) is 5.56 Å². The van der Waals surface area contributed by atoms with E-state index in [1.54, 1.807) is 18.2 Å². The number of aromatic amines is 1. The minimum absolute atomic E-state index is 0.126. The van der Waals surface area contributed by atoms with Crippen molar-refractivity contribution in [2.24, 2.45) is 0 Å². The third kappa shape index (κ3) is 3.66. The molecule has 1 heterocycles. The molecule has 0 atom stereocenters. The van der Waals surface area contributed by atoms with Gasteiger partial charge in [0.2, 0.25) is 0 Å². The molecule has 124 valence electrons. The Morgan fingerprint density at radius 1 is 1.17 bits per heavy atom. The van der Waals surface area contributed by atoms with Gasteiger partial charge in [0, 0.05) is 11.6 Å². The maximum absolute atomic E-state index is 12.2. The molecule has 0 aliphatic carbocycles. The van der Waals surface area contributed by atoms with E-state index in [4.69, 9.17) is 11.6 Å². The van der Waals surface area contributed by atoms with Crippen molar-refractivity contribution in [1.29, 1.82) is 0 Å². The molecular formula is C19H20ClN3O. The van der Waals surface area contributed by atoms with Crippen molar-refractivity contribution in [3.63, 3.8) is 0 Å². The van der Waals surface area contributed by atoms with Crippen LogP contribution in [0.4, 0.5) is 0 Å². The Labute approximate surface area is 146 Å². The van der Waals surface area contributed by atoms with Gasteiger partial charge in [-0.15, -0.1) is 0 Å². The number of aryl methyl sites for hydroxylation is 1. The first-order chi connectivity index (χ1) is 11.6. The van der Waals surface area contributed by atoms with Crippen LogP contribution in [0.3, 0.4) is 0 Å². The highest BCUT2D eigenvalue weighted by Gasteiger charge is 2.10. The highest BCUT2D eigenvalue weighted by molar-refractivity contribution is 6.31. The number of nitrogens with one attached hydrogen (secondary N) is 1. The maximum atomic E-state index is 12.2. The number of hydrogen-bond acceptors (Lipinski definition) is 3. The first-order valence-electron chi connectivity index (χ1n) is 8.02. The van der Waals surface area contributed by atoms with Crippen molar-refractivity contribution < 1.29 is 0 Å². The SMILES string of the molecule is CCN(Cc1nc2cc(Cl)ccc2c(=O)[nH]1)Cc1ccccc1C. The van der Waals surface area contributed by atoms with Gasteiger partial charge in [-0.25, -0.2) is 4.98 Å². The largest absolute Gasteiger partial charge is 0.309 e. The molecule has 0 fully saturated rings. The number of H-pyrrole nitrogens is 1. The first kappa shape index (κ1) is 16.7. The monoisotopic (exact) mass is 341 g/mol. The van der Waals surface area contributed by atoms with Gasteiger partial charge in [-0.05, 0) is 42.8 Å². The number of halogens is 1. The topological polar surface area (TPSA) is 49.0 Å². The van der Waals surface area contributed by atoms with Crippen LogP contribution in [0.25, 0.3) is 10.9 Å². The molecule has 1 N–H and O–H groups in total. The minimum atomic E-state index is -0.126. The van der Waals surface area contributed by atoms with Gasteiger partial charge in [-0.1, -0.05) is 42.8 Å². The molecule has 0 radical (unpaired) electrons. The van der Waals surface area contributed by atoms with Gasteiger partial charge in [0.1, 0.15) is 5.82 Å². The lowest BCUT2D eigenvalue weighted by molar-refractivity contribution is 0.264. The molecular weight excluding hydrogens is 322 g/mol. The summed E-state index contributed by atoms with van der Waals surface area (Å²) >= 11 is 6.02. The molecule has 5 heteroatoms. The average Bonchev–Trinajstić information content (AvgIpc) is 2.55. The summed E-state index contributed by atoms with van der Waals surface area (Å²) in [6.45, 7) is 6.49. The molecule has 3 aromatic rings. The second-order valence-electron chi connectivity index (χ2n) is 5.90. The zero-order chi connectivity index (χ0) is 17.1. The van der Waals surface area contributed by atoms with E-state index in [0.29, 0.717) is 28.3 Å². The maximum Gasteiger partial charge on any atom is 0.258 e. The predicted octanol–water partition coefficient (Wildman–Crippen LogP) is 3.91. The Balaban J connectivity index is 1.87. The van der Waals surface area contributed by atoms with Crippen LogP contribution in [0.2, 0.25) is 5.02 Å². The van der Waals surface area contributed by atoms with Gasteiger partial charge in [-0.3, -0.25) is 9.69 Å². The van der Waals surface area contributed by atoms with Crippen LogP contribution in [0, 0.1) is 6.92 Å². The number of benzene rings is 2. The lowest BCUT2D eigenvalue weighted by Crippen LogP contribution is -2.25. The van der Waals surface area contributed by atoms with Crippen molar-refractivity contribution >= 4 is 22.5 Å². The summed E-state index contributed by atoms with van der Waals surface area (Å²) in [6, 6.07) is 13.5. The van der Waals surface area contributed by atoms with E-state index >= 15 is 0 Å². The van der Waals surface area contributed by atoms with Crippen LogP contribution in [0.5, 0.6) is 0 Å². The summed E-state index contributed by atoms with van der Waals surface area (Å²) in [6.07, 6.45) is 0. The minimum Gasteiger partial charge on any atom is -0.309 e. The summed E-state index contributed by atoms with van der Waals surface area (Å²) in [5.41, 5.74) is 3.06. The normalized spacial score (nSPS) is 11.3. The molecule has 0 amide bonds. The van der Waals surface area contributed by atoms with Crippen molar-refractivity contribution in [1.82, 2.24) is 14.9 Å². The van der Waals surface area contributed by atoms with Crippen molar-refractivity contribution in [3.05, 3.63) is 74.8 Å². The number of rotatable bonds is 5. The summed E-state index contributed by atoms with van der Waals surface area (Å²) in [7, 11) is 0. The Kier molecular flexibility index (Phi) is 4.97. The van der Waals surface area contributed by atoms with E-state index in [-0.39, 0.29) is 5.56 Å². The summed E-state index contributed by atoms with van der Waals surface area (Å²) < 4.78 is 0. The second-order valence-corrected chi connectivity index (χ2v) is 6.34. The molecule has 3 rings (SSSR count). The number of fused-ring (bicyclic) bond motifs is 1. The standard InChI is InChI=1S/C19H20ClN3O/c1-3-23(11-14-7-5-4-6-13(14)2)12-18-21-17-10-15(20)8-9-16(17)19(24)22-18/h4-10H,3,11-12H2,1-2H3,(H,21,22,24). The fraction of sp³-hybridized carbons (Fsp3) is 0.263. The fourth-order valence-electron chi connectivity index (χ4n) is 2.76. The van der Waals surface area contributed by atoms with Gasteiger partial charge < -0.3 is 4.98 Å². The Hall–Kier alpha value is -2.17. The predicted molar refractivity (Wildman–Crippen MR) is 98.3 cm³/mol. The molecule has 0 spiro atoms. The lowest BCUT2D eigenvalue weighted by atomic mass is 10.1. The summed E-state index contributed by atoms with van der Waals surface area (Å²) in [5.74, 6) is 0.658. The molecule has 4 nitrogen and oxygen atoms in total. The Bertz CT molecular complexity index is 920. The average molecular weight is 342 g/mol. The highest BCUT2D eigenvalue weighted by atomic mass is 35.5. The molecule has 2 aromatic carbocycles. The van der Waals surface area contributed by atoms with Crippen molar-refractivity contribution in [2.45, 2.75) is 26.9 Å². The van der Waals surface area contributed by atoms with Crippen LogP contribution < -0.4 is 5.56 Å².